The van der Waals surface area contributed by atoms with Crippen molar-refractivity contribution >= 4 is 28.5 Å². The molecule has 1 N–H and O–H groups in total. The molecule has 6 nitrogen and oxygen atoms in total. The van der Waals surface area contributed by atoms with Gasteiger partial charge in [-0.1, -0.05) is 23.7 Å². The van der Waals surface area contributed by atoms with E-state index >= 15 is 0 Å². The minimum absolute atomic E-state index is 0.00535. The lowest BCUT2D eigenvalue weighted by Crippen LogP contribution is -2.32. The molecule has 1 aromatic heterocycles. The molecule has 150 valence electrons. The minimum Gasteiger partial charge on any atom is -0.491 e. The lowest BCUT2D eigenvalue weighted by atomic mass is 9.98. The molecule has 2 heterocycles. The molecule has 3 aromatic rings. The number of aliphatic hydroxyl groups is 1. The summed E-state index contributed by atoms with van der Waals surface area (Å²) in [4.78, 5) is 27.7. The van der Waals surface area contributed by atoms with Gasteiger partial charge >= 0.3 is 0 Å². The highest BCUT2D eigenvalue weighted by Gasteiger charge is 2.42. The molecule has 1 atom stereocenters. The summed E-state index contributed by atoms with van der Waals surface area (Å²) in [7, 11) is 0. The van der Waals surface area contributed by atoms with Crippen molar-refractivity contribution in [3.05, 3.63) is 74.6 Å². The number of rotatable bonds is 5. The van der Waals surface area contributed by atoms with Crippen molar-refractivity contribution in [2.24, 2.45) is 0 Å². The Morgan fingerprint density at radius 3 is 2.55 bits per heavy atom. The molecule has 1 aliphatic rings. The highest BCUT2D eigenvalue weighted by Crippen LogP contribution is 2.38. The summed E-state index contributed by atoms with van der Waals surface area (Å²) in [5.41, 5.74) is 0.993. The molecular formula is C22H20ClNO5. The zero-order valence-electron chi connectivity index (χ0n) is 16.0. The summed E-state index contributed by atoms with van der Waals surface area (Å²) in [5, 5.41) is 10.2. The quantitative estimate of drug-likeness (QED) is 0.688. The number of aliphatic hydroxyl groups excluding tert-OH is 1. The van der Waals surface area contributed by atoms with Crippen LogP contribution < -0.4 is 10.2 Å². The molecule has 7 heteroatoms. The SMILES string of the molecule is CC(C)Oc1ccc(C2c3c(oc4ccc(Cl)cc4c3=O)C(=O)N2CCO)cc1. The van der Waals surface area contributed by atoms with Gasteiger partial charge in [0.1, 0.15) is 11.3 Å². The molecule has 1 amide bonds. The number of β-amino-alcohol motifs (C(OH)–C–C–N with tert-alkyl or cyclic N) is 1. The predicted octanol–water partition coefficient (Wildman–Crippen LogP) is 3.77. The van der Waals surface area contributed by atoms with E-state index in [2.05, 4.69) is 0 Å². The van der Waals surface area contributed by atoms with E-state index in [1.165, 1.54) is 4.90 Å². The Hall–Kier alpha value is -2.83. The van der Waals surface area contributed by atoms with Gasteiger partial charge in [0.15, 0.2) is 5.43 Å². The number of halogens is 1. The number of nitrogens with zero attached hydrogens (tertiary/aromatic N) is 1. The van der Waals surface area contributed by atoms with E-state index in [0.29, 0.717) is 21.7 Å². The molecule has 4 rings (SSSR count). The minimum atomic E-state index is -0.655. The van der Waals surface area contributed by atoms with E-state index in [-0.39, 0.29) is 36.0 Å². The fourth-order valence-corrected chi connectivity index (χ4v) is 3.85. The summed E-state index contributed by atoms with van der Waals surface area (Å²) < 4.78 is 11.5. The second kappa shape index (κ2) is 7.54. The molecule has 0 spiro atoms. The van der Waals surface area contributed by atoms with Crippen molar-refractivity contribution in [3.8, 4) is 5.75 Å². The second-order valence-electron chi connectivity index (χ2n) is 7.17. The van der Waals surface area contributed by atoms with Crippen LogP contribution in [0.1, 0.15) is 41.6 Å². The third kappa shape index (κ3) is 3.39. The molecule has 0 radical (unpaired) electrons. The molecule has 0 bridgehead atoms. The normalized spacial score (nSPS) is 16.0. The number of fused-ring (bicyclic) bond motifs is 2. The third-order valence-electron chi connectivity index (χ3n) is 4.84. The van der Waals surface area contributed by atoms with Crippen LogP contribution in [0.2, 0.25) is 5.02 Å². The van der Waals surface area contributed by atoms with Crippen LogP contribution in [-0.2, 0) is 0 Å². The number of amides is 1. The first-order chi connectivity index (χ1) is 13.9. The Bertz CT molecular complexity index is 1140. The van der Waals surface area contributed by atoms with Crippen molar-refractivity contribution in [3.63, 3.8) is 0 Å². The molecular weight excluding hydrogens is 394 g/mol. The van der Waals surface area contributed by atoms with Crippen LogP contribution in [-0.4, -0.2) is 35.2 Å². The summed E-state index contributed by atoms with van der Waals surface area (Å²) in [6.45, 7) is 3.72. The van der Waals surface area contributed by atoms with Crippen LogP contribution in [0.25, 0.3) is 11.0 Å². The Kier molecular flexibility index (Phi) is 5.06. The van der Waals surface area contributed by atoms with Gasteiger partial charge in [-0.3, -0.25) is 9.59 Å². The van der Waals surface area contributed by atoms with Gasteiger partial charge in [0, 0.05) is 11.6 Å². The Morgan fingerprint density at radius 2 is 1.90 bits per heavy atom. The van der Waals surface area contributed by atoms with Gasteiger partial charge in [-0.05, 0) is 49.7 Å². The van der Waals surface area contributed by atoms with E-state index in [1.807, 2.05) is 26.0 Å². The maximum absolute atomic E-state index is 13.3. The largest absolute Gasteiger partial charge is 0.491 e. The topological polar surface area (TPSA) is 80.0 Å². The summed E-state index contributed by atoms with van der Waals surface area (Å²) in [5.74, 6) is 0.278. The van der Waals surface area contributed by atoms with Crippen molar-refractivity contribution < 1.29 is 19.1 Å². The van der Waals surface area contributed by atoms with Gasteiger partial charge in [-0.15, -0.1) is 0 Å². The molecule has 29 heavy (non-hydrogen) atoms. The Balaban J connectivity index is 1.89. The third-order valence-corrected chi connectivity index (χ3v) is 5.07. The van der Waals surface area contributed by atoms with Gasteiger partial charge in [0.2, 0.25) is 5.76 Å². The smallest absolute Gasteiger partial charge is 0.290 e. The summed E-state index contributed by atoms with van der Waals surface area (Å²) in [6, 6.07) is 11.3. The van der Waals surface area contributed by atoms with E-state index in [4.69, 9.17) is 20.8 Å². The molecule has 2 aromatic carbocycles. The van der Waals surface area contributed by atoms with Crippen LogP contribution in [0.15, 0.2) is 51.7 Å². The number of hydrogen-bond donors (Lipinski definition) is 1. The predicted molar refractivity (Wildman–Crippen MR) is 110 cm³/mol. The first-order valence-corrected chi connectivity index (χ1v) is 9.73. The molecule has 0 saturated carbocycles. The van der Waals surface area contributed by atoms with Crippen LogP contribution in [0.3, 0.4) is 0 Å². The average molecular weight is 414 g/mol. The fraction of sp³-hybridized carbons (Fsp3) is 0.273. The molecule has 0 aliphatic carbocycles. The van der Waals surface area contributed by atoms with Crippen molar-refractivity contribution in [1.82, 2.24) is 4.90 Å². The van der Waals surface area contributed by atoms with Crippen molar-refractivity contribution in [2.45, 2.75) is 26.0 Å². The average Bonchev–Trinajstić information content (AvgIpc) is 2.96. The fourth-order valence-electron chi connectivity index (χ4n) is 3.68. The highest BCUT2D eigenvalue weighted by molar-refractivity contribution is 6.31. The number of carbonyl (C=O) groups excluding carboxylic acids is 1. The lowest BCUT2D eigenvalue weighted by molar-refractivity contribution is 0.0691. The molecule has 1 aliphatic heterocycles. The standard InChI is InChI=1S/C22H20ClNO5/c1-12(2)28-15-6-3-13(4-7-15)19-18-20(26)16-11-14(23)5-8-17(16)29-21(18)22(27)24(19)9-10-25/h3-8,11-12,19,25H,9-10H2,1-2H3. The number of hydrogen-bond acceptors (Lipinski definition) is 5. The maximum atomic E-state index is 13.3. The van der Waals surface area contributed by atoms with E-state index in [1.54, 1.807) is 30.3 Å². The van der Waals surface area contributed by atoms with Crippen LogP contribution >= 0.6 is 11.6 Å². The maximum Gasteiger partial charge on any atom is 0.290 e. The summed E-state index contributed by atoms with van der Waals surface area (Å²) in [6.07, 6.45) is 0.0312. The van der Waals surface area contributed by atoms with Gasteiger partial charge in [0.25, 0.3) is 5.91 Å². The molecule has 0 fully saturated rings. The van der Waals surface area contributed by atoms with Crippen molar-refractivity contribution in [1.29, 1.82) is 0 Å². The first kappa shape index (κ1) is 19.5. The van der Waals surface area contributed by atoms with Gasteiger partial charge in [0.05, 0.1) is 29.7 Å². The monoisotopic (exact) mass is 413 g/mol. The van der Waals surface area contributed by atoms with E-state index < -0.39 is 11.9 Å². The van der Waals surface area contributed by atoms with Crippen LogP contribution in [0.4, 0.5) is 0 Å². The number of carbonyl (C=O) groups is 1. The summed E-state index contributed by atoms with van der Waals surface area (Å²) >= 11 is 6.06. The lowest BCUT2D eigenvalue weighted by Gasteiger charge is -2.24. The highest BCUT2D eigenvalue weighted by atomic mass is 35.5. The van der Waals surface area contributed by atoms with Crippen LogP contribution in [0.5, 0.6) is 5.75 Å². The molecule has 0 saturated heterocycles. The number of ether oxygens (including phenoxy) is 1. The van der Waals surface area contributed by atoms with Gasteiger partial charge in [-0.2, -0.15) is 0 Å². The second-order valence-corrected chi connectivity index (χ2v) is 7.61. The van der Waals surface area contributed by atoms with E-state index in [0.717, 1.165) is 5.56 Å². The van der Waals surface area contributed by atoms with Gasteiger partial charge in [-0.25, -0.2) is 0 Å². The van der Waals surface area contributed by atoms with E-state index in [9.17, 15) is 14.7 Å². The number of benzene rings is 2. The zero-order valence-corrected chi connectivity index (χ0v) is 16.8. The van der Waals surface area contributed by atoms with Crippen LogP contribution in [0, 0.1) is 0 Å². The zero-order chi connectivity index (χ0) is 20.7. The first-order valence-electron chi connectivity index (χ1n) is 9.35. The molecule has 1 unspecified atom stereocenters. The van der Waals surface area contributed by atoms with Crippen molar-refractivity contribution in [2.75, 3.05) is 13.2 Å². The Labute approximate surface area is 172 Å². The Morgan fingerprint density at radius 1 is 1.17 bits per heavy atom. The van der Waals surface area contributed by atoms with Gasteiger partial charge < -0.3 is 19.2 Å².